The molecule has 1 aromatic heterocycles. The molecule has 0 saturated heterocycles. The number of nitriles is 1. The van der Waals surface area contributed by atoms with E-state index in [-0.39, 0.29) is 9.23 Å². The normalized spacial score (nSPS) is 11.1. The lowest BCUT2D eigenvalue weighted by atomic mass is 10.2. The number of hydrogen-bond acceptors (Lipinski definition) is 4. The number of anilines is 1. The van der Waals surface area contributed by atoms with Crippen LogP contribution in [0.15, 0.2) is 35.2 Å². The summed E-state index contributed by atoms with van der Waals surface area (Å²) in [5.74, 6) is 0. The molecule has 20 heavy (non-hydrogen) atoms. The van der Waals surface area contributed by atoms with Gasteiger partial charge in [-0.15, -0.1) is 11.3 Å². The summed E-state index contributed by atoms with van der Waals surface area (Å²) in [6, 6.07) is 9.49. The number of thiophene rings is 1. The highest BCUT2D eigenvalue weighted by atomic mass is 35.5. The van der Waals surface area contributed by atoms with Crippen LogP contribution in [-0.4, -0.2) is 15.5 Å². The van der Waals surface area contributed by atoms with Gasteiger partial charge in [-0.2, -0.15) is 5.26 Å². The van der Waals surface area contributed by atoms with Gasteiger partial charge in [-0.05, 0) is 30.3 Å². The van der Waals surface area contributed by atoms with Crippen molar-refractivity contribution in [3.8, 4) is 6.07 Å². The number of benzene rings is 1. The number of nitrogens with zero attached hydrogens (tertiary/aromatic N) is 2. The van der Waals surface area contributed by atoms with Gasteiger partial charge in [0.15, 0.2) is 0 Å². The number of rotatable bonds is 3. The van der Waals surface area contributed by atoms with Crippen molar-refractivity contribution in [2.24, 2.45) is 0 Å². The van der Waals surface area contributed by atoms with Gasteiger partial charge in [-0.1, -0.05) is 23.2 Å². The van der Waals surface area contributed by atoms with Crippen LogP contribution in [0.25, 0.3) is 0 Å². The smallest absolute Gasteiger partial charge is 0.266 e. The summed E-state index contributed by atoms with van der Waals surface area (Å²) >= 11 is 12.7. The van der Waals surface area contributed by atoms with Crippen molar-refractivity contribution in [3.63, 3.8) is 0 Å². The van der Waals surface area contributed by atoms with Crippen molar-refractivity contribution in [1.29, 1.82) is 5.26 Å². The molecule has 0 fully saturated rings. The summed E-state index contributed by atoms with van der Waals surface area (Å²) < 4.78 is 26.4. The summed E-state index contributed by atoms with van der Waals surface area (Å²) in [6.07, 6.45) is 0. The molecule has 0 unspecified atom stereocenters. The molecule has 0 amide bonds. The van der Waals surface area contributed by atoms with Crippen LogP contribution in [-0.2, 0) is 10.0 Å². The lowest BCUT2D eigenvalue weighted by molar-refractivity contribution is 0.595. The molecule has 0 aliphatic heterocycles. The Labute approximate surface area is 130 Å². The highest BCUT2D eigenvalue weighted by molar-refractivity contribution is 7.93. The monoisotopic (exact) mass is 346 g/mol. The van der Waals surface area contributed by atoms with Gasteiger partial charge in [0.05, 0.1) is 21.7 Å². The fourth-order valence-electron chi connectivity index (χ4n) is 1.53. The van der Waals surface area contributed by atoms with Gasteiger partial charge in [0, 0.05) is 7.05 Å². The molecule has 0 saturated carbocycles. The van der Waals surface area contributed by atoms with Gasteiger partial charge in [-0.25, -0.2) is 8.42 Å². The average Bonchev–Trinajstić information content (AvgIpc) is 2.77. The maximum atomic E-state index is 12.4. The van der Waals surface area contributed by atoms with E-state index in [4.69, 9.17) is 28.5 Å². The van der Waals surface area contributed by atoms with E-state index in [0.717, 1.165) is 15.6 Å². The lowest BCUT2D eigenvalue weighted by Crippen LogP contribution is -2.26. The highest BCUT2D eigenvalue weighted by Crippen LogP contribution is 2.36. The summed E-state index contributed by atoms with van der Waals surface area (Å²) in [7, 11) is -2.36. The van der Waals surface area contributed by atoms with Gasteiger partial charge in [-0.3, -0.25) is 4.31 Å². The number of halogens is 2. The van der Waals surface area contributed by atoms with E-state index in [1.807, 2.05) is 6.07 Å². The van der Waals surface area contributed by atoms with Gasteiger partial charge >= 0.3 is 0 Å². The third-order valence-electron chi connectivity index (χ3n) is 2.62. The van der Waals surface area contributed by atoms with Gasteiger partial charge < -0.3 is 0 Å². The minimum Gasteiger partial charge on any atom is -0.269 e. The van der Waals surface area contributed by atoms with Crippen molar-refractivity contribution in [2.75, 3.05) is 11.4 Å². The SMILES string of the molecule is CN(c1ccc(C#N)cc1)S(=O)(=O)c1cc(Cl)sc1Cl. The van der Waals surface area contributed by atoms with Crippen molar-refractivity contribution >= 4 is 50.2 Å². The molecule has 104 valence electrons. The molecule has 0 spiro atoms. The first-order valence-corrected chi connectivity index (χ1v) is 8.31. The molecule has 1 heterocycles. The Morgan fingerprint density at radius 2 is 1.85 bits per heavy atom. The first-order chi connectivity index (χ1) is 9.36. The predicted octanol–water partition coefficient (Wildman–Crippen LogP) is 3.75. The Kier molecular flexibility index (Phi) is 4.25. The molecule has 0 N–H and O–H groups in total. The van der Waals surface area contributed by atoms with Crippen molar-refractivity contribution in [2.45, 2.75) is 4.90 Å². The van der Waals surface area contributed by atoms with Crippen LogP contribution in [0.2, 0.25) is 8.67 Å². The molecule has 0 radical (unpaired) electrons. The Bertz CT molecular complexity index is 777. The van der Waals surface area contributed by atoms with Crippen molar-refractivity contribution in [1.82, 2.24) is 0 Å². The van der Waals surface area contributed by atoms with Crippen molar-refractivity contribution < 1.29 is 8.42 Å². The Morgan fingerprint density at radius 3 is 2.30 bits per heavy atom. The second-order valence-corrected chi connectivity index (χ2v) is 8.04. The zero-order chi connectivity index (χ0) is 14.9. The van der Waals surface area contributed by atoms with E-state index in [0.29, 0.717) is 15.6 Å². The van der Waals surface area contributed by atoms with E-state index in [9.17, 15) is 8.42 Å². The Morgan fingerprint density at radius 1 is 1.25 bits per heavy atom. The van der Waals surface area contributed by atoms with Crippen LogP contribution < -0.4 is 4.31 Å². The first-order valence-electron chi connectivity index (χ1n) is 5.30. The predicted molar refractivity (Wildman–Crippen MR) is 81.1 cm³/mol. The largest absolute Gasteiger partial charge is 0.269 e. The van der Waals surface area contributed by atoms with Gasteiger partial charge in [0.2, 0.25) is 0 Å². The maximum absolute atomic E-state index is 12.4. The van der Waals surface area contributed by atoms with E-state index in [1.54, 1.807) is 24.3 Å². The standard InChI is InChI=1S/C12H8Cl2N2O2S2/c1-16(9-4-2-8(7-15)3-5-9)20(17,18)10-6-11(13)19-12(10)14/h2-6H,1H3. The fraction of sp³-hybridized carbons (Fsp3) is 0.0833. The molecule has 2 aromatic rings. The van der Waals surface area contributed by atoms with Crippen LogP contribution in [0.4, 0.5) is 5.69 Å². The number of hydrogen-bond donors (Lipinski definition) is 0. The number of sulfonamides is 1. The van der Waals surface area contributed by atoms with Crippen LogP contribution in [0.5, 0.6) is 0 Å². The molecular weight excluding hydrogens is 339 g/mol. The third-order valence-corrected chi connectivity index (χ3v) is 6.16. The van der Waals surface area contributed by atoms with E-state index in [2.05, 4.69) is 0 Å². The Hall–Kier alpha value is -1.26. The minimum atomic E-state index is -3.78. The summed E-state index contributed by atoms with van der Waals surface area (Å²) in [5, 5.41) is 8.73. The molecule has 0 aliphatic carbocycles. The maximum Gasteiger partial charge on any atom is 0.266 e. The van der Waals surface area contributed by atoms with E-state index < -0.39 is 10.0 Å². The second-order valence-electron chi connectivity index (χ2n) is 3.82. The molecule has 0 aliphatic rings. The van der Waals surface area contributed by atoms with Crippen LogP contribution in [0, 0.1) is 11.3 Å². The van der Waals surface area contributed by atoms with E-state index >= 15 is 0 Å². The topological polar surface area (TPSA) is 61.2 Å². The molecule has 8 heteroatoms. The highest BCUT2D eigenvalue weighted by Gasteiger charge is 2.26. The van der Waals surface area contributed by atoms with Crippen LogP contribution in [0.1, 0.15) is 5.56 Å². The third kappa shape index (κ3) is 2.76. The van der Waals surface area contributed by atoms with Crippen LogP contribution in [0.3, 0.4) is 0 Å². The molecule has 1 aromatic carbocycles. The quantitative estimate of drug-likeness (QED) is 0.849. The molecule has 2 rings (SSSR count). The lowest BCUT2D eigenvalue weighted by Gasteiger charge is -2.18. The molecule has 0 bridgehead atoms. The molecular formula is C12H8Cl2N2O2S2. The zero-order valence-corrected chi connectivity index (χ0v) is 13.3. The van der Waals surface area contributed by atoms with Gasteiger partial charge in [0.1, 0.15) is 9.23 Å². The van der Waals surface area contributed by atoms with Crippen molar-refractivity contribution in [3.05, 3.63) is 44.6 Å². The van der Waals surface area contributed by atoms with Gasteiger partial charge in [0.25, 0.3) is 10.0 Å². The van der Waals surface area contributed by atoms with E-state index in [1.165, 1.54) is 13.1 Å². The summed E-state index contributed by atoms with van der Waals surface area (Å²) in [5.41, 5.74) is 0.888. The minimum absolute atomic E-state index is 0.0268. The summed E-state index contributed by atoms with van der Waals surface area (Å²) in [4.78, 5) is -0.0268. The Balaban J connectivity index is 2.43. The second kappa shape index (κ2) is 5.62. The first kappa shape index (κ1) is 15.1. The zero-order valence-electron chi connectivity index (χ0n) is 10.2. The average molecular weight is 347 g/mol. The fourth-order valence-corrected chi connectivity index (χ4v) is 4.84. The molecule has 0 atom stereocenters. The summed E-state index contributed by atoms with van der Waals surface area (Å²) in [6.45, 7) is 0. The van der Waals surface area contributed by atoms with Crippen LogP contribution >= 0.6 is 34.5 Å². The molecule has 4 nitrogen and oxygen atoms in total.